The second kappa shape index (κ2) is 6.19. The molecule has 6 nitrogen and oxygen atoms in total. The molecule has 2 aromatic rings. The minimum Gasteiger partial charge on any atom is -0.490 e. The topological polar surface area (TPSA) is 99.8 Å². The number of dihydropyridines is 1. The normalized spacial score (nSPS) is 15.5. The number of aromatic amines is 1. The molecule has 0 unspecified atom stereocenters. The lowest BCUT2D eigenvalue weighted by atomic mass is 9.95. The van der Waals surface area contributed by atoms with Crippen LogP contribution in [0, 0.1) is 18.2 Å². The Labute approximate surface area is 138 Å². The predicted octanol–water partition coefficient (Wildman–Crippen LogP) is 2.73. The van der Waals surface area contributed by atoms with Crippen LogP contribution in [0.15, 0.2) is 36.3 Å². The van der Waals surface area contributed by atoms with Crippen LogP contribution in [-0.4, -0.2) is 22.6 Å². The highest BCUT2D eigenvalue weighted by Gasteiger charge is 2.22. The van der Waals surface area contributed by atoms with Gasteiger partial charge in [-0.15, -0.1) is 0 Å². The van der Waals surface area contributed by atoms with Gasteiger partial charge in [0.1, 0.15) is 5.84 Å². The third kappa shape index (κ3) is 2.64. The molecule has 0 saturated carbocycles. The van der Waals surface area contributed by atoms with Gasteiger partial charge >= 0.3 is 0 Å². The van der Waals surface area contributed by atoms with Gasteiger partial charge in [0.15, 0.2) is 11.6 Å². The molecule has 0 amide bonds. The highest BCUT2D eigenvalue weighted by Crippen LogP contribution is 2.39. The lowest BCUT2D eigenvalue weighted by Crippen LogP contribution is -2.13. The molecule has 0 spiro atoms. The molecule has 0 saturated heterocycles. The van der Waals surface area contributed by atoms with Gasteiger partial charge in [-0.05, 0) is 31.6 Å². The van der Waals surface area contributed by atoms with Gasteiger partial charge in [0.2, 0.25) is 0 Å². The van der Waals surface area contributed by atoms with Gasteiger partial charge in [-0.1, -0.05) is 0 Å². The van der Waals surface area contributed by atoms with Crippen molar-refractivity contribution in [2.75, 3.05) is 6.61 Å². The number of H-pyrrole nitrogens is 1. The van der Waals surface area contributed by atoms with Crippen LogP contribution >= 0.6 is 0 Å². The van der Waals surface area contributed by atoms with Crippen molar-refractivity contribution < 1.29 is 9.13 Å². The minimum absolute atomic E-state index is 0.0722. The molecular weight excluding hydrogens is 309 g/mol. The van der Waals surface area contributed by atoms with Crippen molar-refractivity contribution in [3.05, 3.63) is 53.3 Å². The number of allylic oxidation sites excluding steroid dienone is 3. The SMILES string of the molecule is CCOc1c(F)c(C)c2[nH]ncc2c1C1=C/C(=C/C(=N)N)NC=C1. The summed E-state index contributed by atoms with van der Waals surface area (Å²) < 4.78 is 20.4. The largest absolute Gasteiger partial charge is 0.490 e. The molecule has 0 aliphatic carbocycles. The molecule has 0 radical (unpaired) electrons. The molecule has 24 heavy (non-hydrogen) atoms. The summed E-state index contributed by atoms with van der Waals surface area (Å²) in [5.41, 5.74) is 8.52. The highest BCUT2D eigenvalue weighted by atomic mass is 19.1. The standard InChI is InChI=1S/C17H18FN5O/c1-3-24-17-14(10-4-5-21-11(6-10)7-13(19)20)12-8-22-23-16(12)9(2)15(17)18/h4-8,21H,3H2,1-2H3,(H3,19,20)(H,22,23)/b11-7-. The number of ether oxygens (including phenoxy) is 1. The summed E-state index contributed by atoms with van der Waals surface area (Å²) in [6, 6.07) is 0. The number of hydrogen-bond donors (Lipinski definition) is 4. The summed E-state index contributed by atoms with van der Waals surface area (Å²) in [7, 11) is 0. The van der Waals surface area contributed by atoms with Crippen molar-refractivity contribution in [2.24, 2.45) is 5.73 Å². The Morgan fingerprint density at radius 2 is 2.29 bits per heavy atom. The van der Waals surface area contributed by atoms with Gasteiger partial charge in [0, 0.05) is 34.5 Å². The Hall–Kier alpha value is -3.09. The summed E-state index contributed by atoms with van der Waals surface area (Å²) in [6.45, 7) is 3.85. The summed E-state index contributed by atoms with van der Waals surface area (Å²) in [6.07, 6.45) is 8.46. The molecule has 3 rings (SSSR count). The fourth-order valence-corrected chi connectivity index (χ4v) is 2.73. The molecule has 5 N–H and O–H groups in total. The number of amidine groups is 1. The molecular formula is C17H18FN5O. The molecule has 1 aromatic carbocycles. The van der Waals surface area contributed by atoms with Crippen LogP contribution in [0.3, 0.4) is 0 Å². The van der Waals surface area contributed by atoms with Crippen molar-refractivity contribution in [1.82, 2.24) is 15.5 Å². The monoisotopic (exact) mass is 327 g/mol. The van der Waals surface area contributed by atoms with Crippen LogP contribution in [0.2, 0.25) is 0 Å². The van der Waals surface area contributed by atoms with E-state index in [4.69, 9.17) is 15.9 Å². The molecule has 0 fully saturated rings. The average molecular weight is 327 g/mol. The maximum atomic E-state index is 14.8. The number of nitrogens with two attached hydrogens (primary N) is 1. The maximum Gasteiger partial charge on any atom is 0.170 e. The molecule has 1 aromatic heterocycles. The Balaban J connectivity index is 2.28. The summed E-state index contributed by atoms with van der Waals surface area (Å²) in [4.78, 5) is 0. The Bertz CT molecular complexity index is 907. The highest BCUT2D eigenvalue weighted by molar-refractivity contribution is 6.00. The van der Waals surface area contributed by atoms with Crippen molar-refractivity contribution in [1.29, 1.82) is 5.41 Å². The zero-order valence-corrected chi connectivity index (χ0v) is 13.4. The van der Waals surface area contributed by atoms with Gasteiger partial charge in [0.05, 0.1) is 18.3 Å². The Kier molecular flexibility index (Phi) is 4.07. The number of nitrogens with zero attached hydrogens (tertiary/aromatic N) is 1. The van der Waals surface area contributed by atoms with Gasteiger partial charge in [-0.2, -0.15) is 5.10 Å². The zero-order chi connectivity index (χ0) is 17.3. The summed E-state index contributed by atoms with van der Waals surface area (Å²) in [5.74, 6) is -0.283. The minimum atomic E-state index is -0.409. The van der Waals surface area contributed by atoms with Gasteiger partial charge in [-0.25, -0.2) is 4.39 Å². The van der Waals surface area contributed by atoms with E-state index in [1.54, 1.807) is 25.4 Å². The van der Waals surface area contributed by atoms with Crippen LogP contribution in [0.25, 0.3) is 16.5 Å². The van der Waals surface area contributed by atoms with E-state index in [2.05, 4.69) is 15.5 Å². The first-order valence-corrected chi connectivity index (χ1v) is 7.51. The van der Waals surface area contributed by atoms with Crippen molar-refractivity contribution >= 4 is 22.3 Å². The van der Waals surface area contributed by atoms with Crippen LogP contribution in [-0.2, 0) is 0 Å². The van der Waals surface area contributed by atoms with E-state index in [1.165, 1.54) is 6.08 Å². The first kappa shape index (κ1) is 15.8. The number of aryl methyl sites for hydroxylation is 1. The molecule has 7 heteroatoms. The molecule has 0 atom stereocenters. The average Bonchev–Trinajstić information content (AvgIpc) is 3.02. The summed E-state index contributed by atoms with van der Waals surface area (Å²) in [5, 5.41) is 18.0. The van der Waals surface area contributed by atoms with E-state index in [0.29, 0.717) is 28.9 Å². The second-order valence-electron chi connectivity index (χ2n) is 5.37. The number of halogens is 1. The lowest BCUT2D eigenvalue weighted by Gasteiger charge is -2.18. The molecule has 124 valence electrons. The Morgan fingerprint density at radius 1 is 1.50 bits per heavy atom. The first-order chi connectivity index (χ1) is 11.5. The first-order valence-electron chi connectivity index (χ1n) is 7.51. The maximum absolute atomic E-state index is 14.8. The number of rotatable bonds is 4. The molecule has 2 heterocycles. The van der Waals surface area contributed by atoms with E-state index in [0.717, 1.165) is 11.0 Å². The fraction of sp³-hybridized carbons (Fsp3) is 0.176. The van der Waals surface area contributed by atoms with E-state index < -0.39 is 5.82 Å². The van der Waals surface area contributed by atoms with Crippen molar-refractivity contribution in [3.63, 3.8) is 0 Å². The molecule has 1 aliphatic rings. The number of nitrogens with one attached hydrogen (secondary N) is 3. The van der Waals surface area contributed by atoms with E-state index in [1.807, 2.05) is 13.0 Å². The Morgan fingerprint density at radius 3 is 3.00 bits per heavy atom. The third-order valence-electron chi connectivity index (χ3n) is 3.75. The number of fused-ring (bicyclic) bond motifs is 1. The second-order valence-corrected chi connectivity index (χ2v) is 5.37. The molecule has 0 bridgehead atoms. The predicted molar refractivity (Wildman–Crippen MR) is 92.2 cm³/mol. The van der Waals surface area contributed by atoms with Crippen LogP contribution in [0.1, 0.15) is 18.1 Å². The summed E-state index contributed by atoms with van der Waals surface area (Å²) >= 11 is 0. The number of benzene rings is 1. The fourth-order valence-electron chi connectivity index (χ4n) is 2.73. The van der Waals surface area contributed by atoms with E-state index in [9.17, 15) is 4.39 Å². The van der Waals surface area contributed by atoms with Crippen LogP contribution < -0.4 is 15.8 Å². The zero-order valence-electron chi connectivity index (χ0n) is 13.4. The smallest absolute Gasteiger partial charge is 0.170 e. The van der Waals surface area contributed by atoms with Gasteiger partial charge in [0.25, 0.3) is 0 Å². The van der Waals surface area contributed by atoms with E-state index >= 15 is 0 Å². The van der Waals surface area contributed by atoms with Gasteiger partial charge in [-0.3, -0.25) is 10.5 Å². The van der Waals surface area contributed by atoms with Crippen LogP contribution in [0.5, 0.6) is 5.75 Å². The lowest BCUT2D eigenvalue weighted by molar-refractivity contribution is 0.320. The van der Waals surface area contributed by atoms with Crippen molar-refractivity contribution in [2.45, 2.75) is 13.8 Å². The quantitative estimate of drug-likeness (QED) is 0.512. The van der Waals surface area contributed by atoms with Gasteiger partial charge < -0.3 is 15.8 Å². The number of aromatic nitrogens is 2. The van der Waals surface area contributed by atoms with E-state index in [-0.39, 0.29) is 11.6 Å². The third-order valence-corrected chi connectivity index (χ3v) is 3.75. The van der Waals surface area contributed by atoms with Crippen molar-refractivity contribution in [3.8, 4) is 5.75 Å². The molecule has 1 aliphatic heterocycles. The van der Waals surface area contributed by atoms with Crippen LogP contribution in [0.4, 0.5) is 4.39 Å². The number of hydrogen-bond acceptors (Lipinski definition) is 4.